The summed E-state index contributed by atoms with van der Waals surface area (Å²) < 4.78 is 7.94. The van der Waals surface area contributed by atoms with Crippen LogP contribution in [0.25, 0.3) is 0 Å². The Morgan fingerprint density at radius 2 is 2.56 bits per heavy atom. The topological polar surface area (TPSA) is 53.1 Å². The van der Waals surface area contributed by atoms with Crippen LogP contribution in [0.2, 0.25) is 0 Å². The molecule has 0 aliphatic carbocycles. The fraction of sp³-hybridized carbons (Fsp3) is 0.364. The Kier molecular flexibility index (Phi) is 2.51. The van der Waals surface area contributed by atoms with Crippen molar-refractivity contribution in [3.05, 3.63) is 40.1 Å². The summed E-state index contributed by atoms with van der Waals surface area (Å²) >= 11 is 1.73. The Bertz CT molecular complexity index is 477. The molecule has 0 fully saturated rings. The van der Waals surface area contributed by atoms with Crippen molar-refractivity contribution >= 4 is 11.3 Å². The van der Waals surface area contributed by atoms with Gasteiger partial charge in [0.2, 0.25) is 0 Å². The van der Waals surface area contributed by atoms with Crippen LogP contribution in [0, 0.1) is 0 Å². The lowest BCUT2D eigenvalue weighted by Gasteiger charge is -2.23. The van der Waals surface area contributed by atoms with Crippen LogP contribution in [0.15, 0.2) is 23.7 Å². The quantitative estimate of drug-likeness (QED) is 0.861. The van der Waals surface area contributed by atoms with Crippen LogP contribution in [-0.4, -0.2) is 9.55 Å². The highest BCUT2D eigenvalue weighted by Crippen LogP contribution is 2.29. The standard InChI is InChI=1S/C11H13N3OS/c12-4-8-5-14-6-9(10-2-1-3-16-10)15-7-11(14)13-8/h1-3,5,9H,4,6-7,12H2/t9-/m1/s1. The number of nitrogens with two attached hydrogens (primary N) is 1. The molecule has 2 aromatic heterocycles. The first-order chi connectivity index (χ1) is 7.86. The predicted octanol–water partition coefficient (Wildman–Crippen LogP) is 1.67. The summed E-state index contributed by atoms with van der Waals surface area (Å²) in [6.45, 7) is 1.90. The molecular formula is C11H13N3OS. The average molecular weight is 235 g/mol. The lowest BCUT2D eigenvalue weighted by atomic mass is 10.2. The van der Waals surface area contributed by atoms with Gasteiger partial charge in [-0.25, -0.2) is 4.98 Å². The second-order valence-corrected chi connectivity index (χ2v) is 4.80. The van der Waals surface area contributed by atoms with E-state index in [1.165, 1.54) is 4.88 Å². The first-order valence-electron chi connectivity index (χ1n) is 5.27. The molecule has 0 unspecified atom stereocenters. The zero-order valence-electron chi connectivity index (χ0n) is 8.80. The minimum Gasteiger partial charge on any atom is -0.363 e. The van der Waals surface area contributed by atoms with Crippen LogP contribution in [0.4, 0.5) is 0 Å². The van der Waals surface area contributed by atoms with E-state index >= 15 is 0 Å². The summed E-state index contributed by atoms with van der Waals surface area (Å²) in [4.78, 5) is 5.67. The smallest absolute Gasteiger partial charge is 0.135 e. The van der Waals surface area contributed by atoms with E-state index in [1.54, 1.807) is 11.3 Å². The molecule has 0 radical (unpaired) electrons. The SMILES string of the molecule is NCc1cn2c(n1)CO[C@@H](c1cccs1)C2. The van der Waals surface area contributed by atoms with Crippen LogP contribution in [-0.2, 0) is 24.4 Å². The summed E-state index contributed by atoms with van der Waals surface area (Å²) in [7, 11) is 0. The number of hydrogen-bond acceptors (Lipinski definition) is 4. The van der Waals surface area contributed by atoms with Crippen molar-refractivity contribution in [1.82, 2.24) is 9.55 Å². The molecule has 5 heteroatoms. The Morgan fingerprint density at radius 1 is 1.62 bits per heavy atom. The number of imidazole rings is 1. The third-order valence-corrected chi connectivity index (χ3v) is 3.72. The molecule has 16 heavy (non-hydrogen) atoms. The Balaban J connectivity index is 1.85. The number of aromatic nitrogens is 2. The molecule has 0 spiro atoms. The van der Waals surface area contributed by atoms with Crippen molar-refractivity contribution in [2.24, 2.45) is 5.73 Å². The number of fused-ring (bicyclic) bond motifs is 1. The third kappa shape index (κ3) is 1.67. The number of rotatable bonds is 2. The lowest BCUT2D eigenvalue weighted by molar-refractivity contribution is 0.00267. The molecule has 1 aliphatic heterocycles. The van der Waals surface area contributed by atoms with E-state index in [-0.39, 0.29) is 6.10 Å². The molecule has 3 rings (SSSR count). The minimum atomic E-state index is 0.160. The van der Waals surface area contributed by atoms with Gasteiger partial charge in [0, 0.05) is 17.6 Å². The highest BCUT2D eigenvalue weighted by atomic mass is 32.1. The summed E-state index contributed by atoms with van der Waals surface area (Å²) in [6, 6.07) is 4.17. The molecule has 0 amide bonds. The van der Waals surface area contributed by atoms with Gasteiger partial charge in [-0.1, -0.05) is 6.07 Å². The van der Waals surface area contributed by atoms with Gasteiger partial charge in [0.05, 0.1) is 12.2 Å². The average Bonchev–Trinajstić information content (AvgIpc) is 2.96. The van der Waals surface area contributed by atoms with Crippen molar-refractivity contribution in [2.75, 3.05) is 0 Å². The summed E-state index contributed by atoms with van der Waals surface area (Å²) in [6.07, 6.45) is 2.19. The molecule has 0 aromatic carbocycles. The summed E-state index contributed by atoms with van der Waals surface area (Å²) in [5, 5.41) is 2.08. The van der Waals surface area contributed by atoms with Gasteiger partial charge in [0.25, 0.3) is 0 Å². The zero-order chi connectivity index (χ0) is 11.0. The summed E-state index contributed by atoms with van der Waals surface area (Å²) in [5.41, 5.74) is 6.51. The Labute approximate surface area is 97.7 Å². The molecular weight excluding hydrogens is 222 g/mol. The first-order valence-corrected chi connectivity index (χ1v) is 6.15. The molecule has 0 bridgehead atoms. The van der Waals surface area contributed by atoms with Crippen molar-refractivity contribution in [1.29, 1.82) is 0 Å². The first kappa shape index (κ1) is 10.0. The number of thiophene rings is 1. The second-order valence-electron chi connectivity index (χ2n) is 3.82. The number of hydrogen-bond donors (Lipinski definition) is 1. The molecule has 1 aliphatic rings. The van der Waals surface area contributed by atoms with Crippen molar-refractivity contribution < 1.29 is 4.74 Å². The third-order valence-electron chi connectivity index (χ3n) is 2.75. The maximum Gasteiger partial charge on any atom is 0.135 e. The van der Waals surface area contributed by atoms with Gasteiger partial charge in [0.15, 0.2) is 0 Å². The molecule has 84 valence electrons. The van der Waals surface area contributed by atoms with Gasteiger partial charge in [-0.3, -0.25) is 0 Å². The van der Waals surface area contributed by atoms with Crippen molar-refractivity contribution in [3.8, 4) is 0 Å². The van der Waals surface area contributed by atoms with Gasteiger partial charge in [0.1, 0.15) is 18.5 Å². The molecule has 2 N–H and O–H groups in total. The monoisotopic (exact) mass is 235 g/mol. The van der Waals surface area contributed by atoms with E-state index in [4.69, 9.17) is 10.5 Å². The Morgan fingerprint density at radius 3 is 3.31 bits per heavy atom. The van der Waals surface area contributed by atoms with Gasteiger partial charge in [-0.05, 0) is 11.4 Å². The van der Waals surface area contributed by atoms with Crippen LogP contribution in [0.3, 0.4) is 0 Å². The van der Waals surface area contributed by atoms with Gasteiger partial charge >= 0.3 is 0 Å². The largest absolute Gasteiger partial charge is 0.363 e. The maximum atomic E-state index is 5.79. The van der Waals surface area contributed by atoms with E-state index in [2.05, 4.69) is 27.1 Å². The molecule has 1 atom stereocenters. The predicted molar refractivity (Wildman–Crippen MR) is 62.0 cm³/mol. The van der Waals surface area contributed by atoms with E-state index < -0.39 is 0 Å². The van der Waals surface area contributed by atoms with E-state index in [0.29, 0.717) is 13.2 Å². The molecule has 4 nitrogen and oxygen atoms in total. The highest BCUT2D eigenvalue weighted by molar-refractivity contribution is 7.10. The van der Waals surface area contributed by atoms with Gasteiger partial charge in [-0.15, -0.1) is 11.3 Å². The van der Waals surface area contributed by atoms with Gasteiger partial charge in [-0.2, -0.15) is 0 Å². The van der Waals surface area contributed by atoms with E-state index in [1.807, 2.05) is 6.20 Å². The fourth-order valence-electron chi connectivity index (χ4n) is 1.94. The van der Waals surface area contributed by atoms with Crippen LogP contribution >= 0.6 is 11.3 Å². The summed E-state index contributed by atoms with van der Waals surface area (Å²) in [5.74, 6) is 0.980. The minimum absolute atomic E-state index is 0.160. The molecule has 3 heterocycles. The van der Waals surface area contributed by atoms with E-state index in [0.717, 1.165) is 18.1 Å². The number of ether oxygens (including phenoxy) is 1. The Hall–Kier alpha value is -1.17. The second kappa shape index (κ2) is 4.01. The maximum absolute atomic E-state index is 5.79. The molecule has 0 saturated carbocycles. The van der Waals surface area contributed by atoms with Crippen LogP contribution < -0.4 is 5.73 Å². The molecule has 0 saturated heterocycles. The lowest BCUT2D eigenvalue weighted by Crippen LogP contribution is -2.20. The van der Waals surface area contributed by atoms with Crippen molar-refractivity contribution in [3.63, 3.8) is 0 Å². The fourth-order valence-corrected chi connectivity index (χ4v) is 2.70. The van der Waals surface area contributed by atoms with Crippen molar-refractivity contribution in [2.45, 2.75) is 25.8 Å². The highest BCUT2D eigenvalue weighted by Gasteiger charge is 2.22. The zero-order valence-corrected chi connectivity index (χ0v) is 9.61. The normalized spacial score (nSPS) is 19.7. The molecule has 2 aromatic rings. The van der Waals surface area contributed by atoms with Gasteiger partial charge < -0.3 is 15.0 Å². The van der Waals surface area contributed by atoms with Crippen LogP contribution in [0.1, 0.15) is 22.5 Å². The van der Waals surface area contributed by atoms with E-state index in [9.17, 15) is 0 Å². The van der Waals surface area contributed by atoms with Crippen LogP contribution in [0.5, 0.6) is 0 Å². The number of nitrogens with zero attached hydrogens (tertiary/aromatic N) is 2.